The van der Waals surface area contributed by atoms with E-state index in [1.165, 1.54) is 6.07 Å². The fraction of sp³-hybridized carbons (Fsp3) is 0.0118. The van der Waals surface area contributed by atoms with Gasteiger partial charge >= 0.3 is 0 Å². The monoisotopic (exact) mass is 1250 g/mol. The van der Waals surface area contributed by atoms with Crippen LogP contribution in [0.5, 0.6) is 0 Å². The van der Waals surface area contributed by atoms with Crippen LogP contribution in [-0.2, 0) is 0 Å². The number of benzene rings is 14. The Bertz CT molecular complexity index is 6220. The highest BCUT2D eigenvalue weighted by Gasteiger charge is 2.32. The number of nitrogens with zero attached hydrogens (tertiary/aromatic N) is 6. The molecule has 11 heteroatoms. The fourth-order valence-corrected chi connectivity index (χ4v) is 16.1. The van der Waals surface area contributed by atoms with E-state index in [9.17, 15) is 0 Å². The Balaban J connectivity index is 0.904. The molecule has 20 aromatic rings. The van der Waals surface area contributed by atoms with Crippen LogP contribution < -0.4 is 0 Å². The van der Waals surface area contributed by atoms with E-state index < -0.39 is 34.6 Å². The largest absolute Gasteiger partial charge is 0.309 e. The summed E-state index contributed by atoms with van der Waals surface area (Å²) in [4.78, 5) is 0. The predicted molar refractivity (Wildman–Crippen MR) is 382 cm³/mol. The van der Waals surface area contributed by atoms with Crippen molar-refractivity contribution in [3.05, 3.63) is 314 Å². The Morgan fingerprint density at radius 1 is 0.208 bits per heavy atom. The van der Waals surface area contributed by atoms with E-state index in [1.54, 1.807) is 6.07 Å². The molecule has 0 aliphatic heterocycles. The van der Waals surface area contributed by atoms with E-state index in [1.807, 2.05) is 84.3 Å². The van der Waals surface area contributed by atoms with Crippen molar-refractivity contribution in [2.24, 2.45) is 0 Å². The maximum atomic E-state index is 17.1. The summed E-state index contributed by atoms with van der Waals surface area (Å²) in [5.41, 5.74) is 14.8. The van der Waals surface area contributed by atoms with Crippen molar-refractivity contribution in [1.82, 2.24) is 27.4 Å². The molecule has 20 rings (SSSR count). The molecule has 0 saturated carbocycles. The molecule has 0 N–H and O–H groups in total. The zero-order chi connectivity index (χ0) is 63.9. The molecule has 0 atom stereocenters. The zero-order valence-corrected chi connectivity index (χ0v) is 51.1. The summed E-state index contributed by atoms with van der Waals surface area (Å²) < 4.78 is 95.1. The summed E-state index contributed by atoms with van der Waals surface area (Å²) in [5, 5.41) is 12.2. The minimum atomic E-state index is -2.23. The van der Waals surface area contributed by atoms with E-state index in [0.29, 0.717) is 22.3 Å². The molecule has 6 nitrogen and oxygen atoms in total. The van der Waals surface area contributed by atoms with Crippen LogP contribution in [0.1, 0.15) is 5.56 Å². The van der Waals surface area contributed by atoms with Gasteiger partial charge in [0.05, 0.1) is 83.1 Å². The molecular weight excluding hydrogens is 1200 g/mol. The molecule has 96 heavy (non-hydrogen) atoms. The van der Waals surface area contributed by atoms with Gasteiger partial charge in [0.25, 0.3) is 0 Å². The van der Waals surface area contributed by atoms with E-state index in [4.69, 9.17) is 0 Å². The molecule has 6 heterocycles. The minimum absolute atomic E-state index is 0.191. The van der Waals surface area contributed by atoms with Crippen molar-refractivity contribution in [3.63, 3.8) is 0 Å². The summed E-state index contributed by atoms with van der Waals surface area (Å²) in [6, 6.07) is 95.5. The summed E-state index contributed by atoms with van der Waals surface area (Å²) in [6.45, 7) is 1.88. The fourth-order valence-electron chi connectivity index (χ4n) is 16.1. The molecule has 454 valence electrons. The summed E-state index contributed by atoms with van der Waals surface area (Å²) >= 11 is 0. The van der Waals surface area contributed by atoms with Crippen LogP contribution in [0.4, 0.5) is 22.0 Å². The van der Waals surface area contributed by atoms with Crippen molar-refractivity contribution >= 4 is 131 Å². The average molecular weight is 1250 g/mol. The third-order valence-electron chi connectivity index (χ3n) is 20.2. The van der Waals surface area contributed by atoms with Gasteiger partial charge in [-0.05, 0) is 146 Å². The van der Waals surface area contributed by atoms with Gasteiger partial charge in [-0.1, -0.05) is 146 Å². The Morgan fingerprint density at radius 2 is 0.438 bits per heavy atom. The van der Waals surface area contributed by atoms with Gasteiger partial charge in [-0.3, -0.25) is 0 Å². The van der Waals surface area contributed by atoms with Crippen molar-refractivity contribution in [2.45, 2.75) is 6.92 Å². The van der Waals surface area contributed by atoms with Crippen molar-refractivity contribution in [2.75, 3.05) is 0 Å². The van der Waals surface area contributed by atoms with Crippen molar-refractivity contribution in [3.8, 4) is 45.3 Å². The highest BCUT2D eigenvalue weighted by molar-refractivity contribution is 6.17. The second kappa shape index (κ2) is 20.0. The molecule has 0 bridgehead atoms. The van der Waals surface area contributed by atoms with Crippen molar-refractivity contribution < 1.29 is 22.0 Å². The highest BCUT2D eigenvalue weighted by Crippen LogP contribution is 2.47. The van der Waals surface area contributed by atoms with Crippen LogP contribution in [0.25, 0.3) is 176 Å². The molecule has 0 spiro atoms. The number of rotatable bonds is 7. The highest BCUT2D eigenvalue weighted by atomic mass is 19.2. The SMILES string of the molecule is Cc1c(-n2c3ccc(-n4c5ccccc5c5ccccc54)cc3c3cc(-n4c5ccccc5c5ccccc54)ccc32)ccc(-c2c(F)c(F)c(F)c(F)c2F)c1-n1c2ccc(-n3c4ccccc4c4ccccc43)cc2c2cc(-n3c4ccccc4c4ccccc43)ccc21. The minimum Gasteiger partial charge on any atom is -0.309 e. The third kappa shape index (κ3) is 7.33. The number of aromatic nitrogens is 6. The van der Waals surface area contributed by atoms with Gasteiger partial charge in [0, 0.05) is 92.9 Å². The van der Waals surface area contributed by atoms with Crippen LogP contribution in [-0.4, -0.2) is 27.4 Å². The first-order valence-electron chi connectivity index (χ1n) is 32.0. The van der Waals surface area contributed by atoms with E-state index in [-0.39, 0.29) is 11.3 Å². The van der Waals surface area contributed by atoms with Gasteiger partial charge in [-0.25, -0.2) is 22.0 Å². The first-order valence-corrected chi connectivity index (χ1v) is 32.0. The molecule has 0 saturated heterocycles. The van der Waals surface area contributed by atoms with E-state index >= 15 is 22.0 Å². The quantitative estimate of drug-likeness (QED) is 0.0865. The number of halogens is 5. The Kier molecular flexibility index (Phi) is 11.3. The van der Waals surface area contributed by atoms with E-state index in [2.05, 4.69) is 217 Å². The molecule has 0 aliphatic rings. The van der Waals surface area contributed by atoms with Crippen LogP contribution >= 0.6 is 0 Å². The average Bonchev–Trinajstić information content (AvgIpc) is 1.51. The summed E-state index contributed by atoms with van der Waals surface area (Å²) in [7, 11) is 0. The second-order valence-electron chi connectivity index (χ2n) is 25.0. The van der Waals surface area contributed by atoms with Crippen LogP contribution in [0.15, 0.2) is 279 Å². The lowest BCUT2D eigenvalue weighted by Gasteiger charge is -2.22. The van der Waals surface area contributed by atoms with Gasteiger partial charge in [-0.15, -0.1) is 0 Å². The van der Waals surface area contributed by atoms with Crippen LogP contribution in [0.2, 0.25) is 0 Å². The topological polar surface area (TPSA) is 29.6 Å². The zero-order valence-electron chi connectivity index (χ0n) is 51.1. The lowest BCUT2D eigenvalue weighted by atomic mass is 9.96. The van der Waals surface area contributed by atoms with Gasteiger partial charge in [-0.2, -0.15) is 0 Å². The van der Waals surface area contributed by atoms with Crippen LogP contribution in [0.3, 0.4) is 0 Å². The third-order valence-corrected chi connectivity index (χ3v) is 20.2. The smallest absolute Gasteiger partial charge is 0.200 e. The Labute approximate surface area is 543 Å². The summed E-state index contributed by atoms with van der Waals surface area (Å²) in [5.74, 6) is -10.2. The molecule has 0 amide bonds. The molecule has 0 unspecified atom stereocenters. The Morgan fingerprint density at radius 3 is 0.708 bits per heavy atom. The van der Waals surface area contributed by atoms with Gasteiger partial charge < -0.3 is 27.4 Å². The maximum absolute atomic E-state index is 17.1. The van der Waals surface area contributed by atoms with Gasteiger partial charge in [0.1, 0.15) is 0 Å². The standard InChI is InChI=1S/C85H49F5N6/c1-48-66(95-75-39-34-49(91-67-26-10-2-18-53(67)54-19-3-11-27-68(54)91)44-62(75)63-45-50(35-40-76(63)95)92-69-28-12-4-20-55(69)56-21-5-13-29-70(56)92)43-38-61(79-80(86)82(88)84(90)83(89)81(79)87)85(48)96-77-41-36-51(93-71-30-14-6-22-57(71)58-23-7-15-31-72(58)93)46-64(77)65-47-52(37-42-78(65)96)94-73-32-16-8-24-59(73)60-25-9-17-33-74(60)94/h2-47H,1H3. The van der Waals surface area contributed by atoms with Crippen molar-refractivity contribution in [1.29, 1.82) is 0 Å². The maximum Gasteiger partial charge on any atom is 0.200 e. The number of para-hydroxylation sites is 8. The molecule has 14 aromatic carbocycles. The molecule has 6 aromatic heterocycles. The number of hydrogen-bond donors (Lipinski definition) is 0. The lowest BCUT2D eigenvalue weighted by Crippen LogP contribution is -2.09. The van der Waals surface area contributed by atoms with Gasteiger partial charge in [0.2, 0.25) is 5.82 Å². The normalized spacial score (nSPS) is 12.3. The summed E-state index contributed by atoms with van der Waals surface area (Å²) in [6.07, 6.45) is 0. The molecule has 0 radical (unpaired) electrons. The predicted octanol–water partition coefficient (Wildman–Crippen LogP) is 22.9. The number of fused-ring (bicyclic) bond motifs is 18. The molecule has 0 aliphatic carbocycles. The molecular formula is C85H49F5N6. The van der Waals surface area contributed by atoms with Gasteiger partial charge in [0.15, 0.2) is 23.3 Å². The second-order valence-corrected chi connectivity index (χ2v) is 25.0. The van der Waals surface area contributed by atoms with E-state index in [0.717, 1.165) is 143 Å². The lowest BCUT2D eigenvalue weighted by molar-refractivity contribution is 0.381. The Hall–Kier alpha value is -12.5. The first kappa shape index (κ1) is 54.1. The number of hydrogen-bond acceptors (Lipinski definition) is 0. The molecule has 0 fully saturated rings. The first-order chi connectivity index (χ1) is 47.2. The van der Waals surface area contributed by atoms with Crippen LogP contribution in [0, 0.1) is 36.0 Å².